The van der Waals surface area contributed by atoms with Crippen LogP contribution in [0.1, 0.15) is 88.9 Å². The van der Waals surface area contributed by atoms with Crippen LogP contribution < -0.4 is 0 Å². The number of ether oxygens (including phenoxy) is 1. The van der Waals surface area contributed by atoms with Gasteiger partial charge in [-0.1, -0.05) is 94.5 Å². The number of rotatable bonds is 10. The number of hydrogen-bond acceptors (Lipinski definition) is 1. The predicted octanol–water partition coefficient (Wildman–Crippen LogP) is 8.13. The minimum absolute atomic E-state index is 0.289. The van der Waals surface area contributed by atoms with Crippen molar-refractivity contribution in [2.75, 3.05) is 6.61 Å². The summed E-state index contributed by atoms with van der Waals surface area (Å²) in [6.45, 7) is 5.47. The van der Waals surface area contributed by atoms with Crippen molar-refractivity contribution in [1.29, 1.82) is 0 Å². The standard InChI is InChI=1S/C27H38O/c1-3-5-7-8-10-23-13-20-27(28-21-23)26-18-16-25(17-19-26)24-14-11-22(12-15-24)9-6-4-2/h11-12,14-19,23,27H,3-10,13,20-21H2,1-2H3. The van der Waals surface area contributed by atoms with Crippen LogP contribution in [0.5, 0.6) is 0 Å². The minimum atomic E-state index is 0.289. The van der Waals surface area contributed by atoms with Gasteiger partial charge in [-0.25, -0.2) is 0 Å². The van der Waals surface area contributed by atoms with Crippen molar-refractivity contribution in [1.82, 2.24) is 0 Å². The van der Waals surface area contributed by atoms with Crippen molar-refractivity contribution in [2.45, 2.75) is 84.2 Å². The van der Waals surface area contributed by atoms with Gasteiger partial charge in [0.25, 0.3) is 0 Å². The fourth-order valence-corrected chi connectivity index (χ4v) is 4.29. The molecule has 0 aliphatic carbocycles. The van der Waals surface area contributed by atoms with Crippen LogP contribution in [-0.4, -0.2) is 6.61 Å². The summed E-state index contributed by atoms with van der Waals surface area (Å²) in [5.74, 6) is 0.776. The van der Waals surface area contributed by atoms with E-state index in [0.29, 0.717) is 0 Å². The number of hydrogen-bond donors (Lipinski definition) is 0. The molecule has 152 valence electrons. The molecule has 0 spiro atoms. The lowest BCUT2D eigenvalue weighted by atomic mass is 9.90. The summed E-state index contributed by atoms with van der Waals surface area (Å²) in [5, 5.41) is 0. The molecule has 0 N–H and O–H groups in total. The van der Waals surface area contributed by atoms with Gasteiger partial charge in [0.1, 0.15) is 0 Å². The average molecular weight is 379 g/mol. The van der Waals surface area contributed by atoms with Crippen molar-refractivity contribution in [3.8, 4) is 11.1 Å². The Labute approximate surface area is 172 Å². The summed E-state index contributed by atoms with van der Waals surface area (Å²) >= 11 is 0. The highest BCUT2D eigenvalue weighted by Gasteiger charge is 2.22. The third-order valence-electron chi connectivity index (χ3n) is 6.22. The van der Waals surface area contributed by atoms with Crippen LogP contribution in [0, 0.1) is 5.92 Å². The Bertz CT molecular complexity index is 662. The van der Waals surface area contributed by atoms with Crippen LogP contribution in [0.3, 0.4) is 0 Å². The zero-order valence-corrected chi connectivity index (χ0v) is 18.0. The van der Waals surface area contributed by atoms with Gasteiger partial charge >= 0.3 is 0 Å². The Balaban J connectivity index is 1.49. The van der Waals surface area contributed by atoms with E-state index in [-0.39, 0.29) is 6.10 Å². The Hall–Kier alpha value is -1.60. The first-order valence-corrected chi connectivity index (χ1v) is 11.6. The molecule has 1 nitrogen and oxygen atoms in total. The van der Waals surface area contributed by atoms with E-state index in [2.05, 4.69) is 62.4 Å². The van der Waals surface area contributed by atoms with E-state index in [4.69, 9.17) is 4.74 Å². The molecule has 1 aliphatic rings. The molecule has 1 heterocycles. The van der Waals surface area contributed by atoms with E-state index < -0.39 is 0 Å². The van der Waals surface area contributed by atoms with Gasteiger partial charge in [0.15, 0.2) is 0 Å². The molecule has 0 bridgehead atoms. The molecule has 0 radical (unpaired) electrons. The zero-order chi connectivity index (χ0) is 19.6. The molecule has 2 aromatic rings. The van der Waals surface area contributed by atoms with E-state index in [0.717, 1.165) is 12.5 Å². The topological polar surface area (TPSA) is 9.23 Å². The monoisotopic (exact) mass is 378 g/mol. The van der Waals surface area contributed by atoms with E-state index in [1.54, 1.807) is 0 Å². The quantitative estimate of drug-likeness (QED) is 0.379. The first kappa shape index (κ1) is 21.1. The average Bonchev–Trinajstić information content (AvgIpc) is 2.76. The third-order valence-corrected chi connectivity index (χ3v) is 6.22. The predicted molar refractivity (Wildman–Crippen MR) is 121 cm³/mol. The normalized spacial score (nSPS) is 19.6. The maximum Gasteiger partial charge on any atom is 0.0825 e. The van der Waals surface area contributed by atoms with Gasteiger partial charge in [-0.15, -0.1) is 0 Å². The van der Waals surface area contributed by atoms with Gasteiger partial charge in [-0.2, -0.15) is 0 Å². The van der Waals surface area contributed by atoms with E-state index >= 15 is 0 Å². The molecule has 1 fully saturated rings. The largest absolute Gasteiger partial charge is 0.373 e. The van der Waals surface area contributed by atoms with Crippen LogP contribution in [0.4, 0.5) is 0 Å². The van der Waals surface area contributed by atoms with Crippen molar-refractivity contribution < 1.29 is 4.74 Å². The fourth-order valence-electron chi connectivity index (χ4n) is 4.29. The minimum Gasteiger partial charge on any atom is -0.373 e. The first-order chi connectivity index (χ1) is 13.8. The Morgan fingerprint density at radius 3 is 2.04 bits per heavy atom. The number of unbranched alkanes of at least 4 members (excludes halogenated alkanes) is 4. The van der Waals surface area contributed by atoms with Gasteiger partial charge in [-0.05, 0) is 60.3 Å². The molecule has 0 aromatic heterocycles. The Kier molecular flexibility index (Phi) is 8.61. The lowest BCUT2D eigenvalue weighted by molar-refractivity contribution is -0.0198. The van der Waals surface area contributed by atoms with E-state index in [1.807, 2.05) is 0 Å². The van der Waals surface area contributed by atoms with Crippen LogP contribution in [0.15, 0.2) is 48.5 Å². The maximum atomic E-state index is 6.23. The molecule has 2 aromatic carbocycles. The molecular weight excluding hydrogens is 340 g/mol. The zero-order valence-electron chi connectivity index (χ0n) is 18.0. The van der Waals surface area contributed by atoms with Crippen molar-refractivity contribution >= 4 is 0 Å². The van der Waals surface area contributed by atoms with Gasteiger partial charge < -0.3 is 4.74 Å². The number of aryl methyl sites for hydroxylation is 1. The second kappa shape index (κ2) is 11.4. The molecule has 2 unspecified atom stereocenters. The molecule has 2 atom stereocenters. The van der Waals surface area contributed by atoms with E-state index in [9.17, 15) is 0 Å². The summed E-state index contributed by atoms with van der Waals surface area (Å²) in [6.07, 6.45) is 13.3. The Morgan fingerprint density at radius 1 is 0.750 bits per heavy atom. The first-order valence-electron chi connectivity index (χ1n) is 11.6. The highest BCUT2D eigenvalue weighted by molar-refractivity contribution is 5.64. The SMILES string of the molecule is CCCCCCC1CCC(c2ccc(-c3ccc(CCCC)cc3)cc2)OC1. The van der Waals surface area contributed by atoms with Crippen LogP contribution in [0.25, 0.3) is 11.1 Å². The molecule has 28 heavy (non-hydrogen) atoms. The van der Waals surface area contributed by atoms with E-state index in [1.165, 1.54) is 86.5 Å². The summed E-state index contributed by atoms with van der Waals surface area (Å²) in [4.78, 5) is 0. The molecule has 1 aliphatic heterocycles. The summed E-state index contributed by atoms with van der Waals surface area (Å²) in [7, 11) is 0. The van der Waals surface area contributed by atoms with Crippen molar-refractivity contribution in [3.63, 3.8) is 0 Å². The third kappa shape index (κ3) is 6.21. The van der Waals surface area contributed by atoms with Crippen molar-refractivity contribution in [3.05, 3.63) is 59.7 Å². The lowest BCUT2D eigenvalue weighted by Gasteiger charge is -2.29. The molecule has 3 rings (SSSR count). The highest BCUT2D eigenvalue weighted by atomic mass is 16.5. The molecule has 1 saturated heterocycles. The Morgan fingerprint density at radius 2 is 1.43 bits per heavy atom. The van der Waals surface area contributed by atoms with Gasteiger partial charge in [-0.3, -0.25) is 0 Å². The maximum absolute atomic E-state index is 6.23. The van der Waals surface area contributed by atoms with Crippen molar-refractivity contribution in [2.24, 2.45) is 5.92 Å². The molecule has 0 saturated carbocycles. The smallest absolute Gasteiger partial charge is 0.0825 e. The van der Waals surface area contributed by atoms with Gasteiger partial charge in [0.2, 0.25) is 0 Å². The lowest BCUT2D eigenvalue weighted by Crippen LogP contribution is -2.20. The summed E-state index contributed by atoms with van der Waals surface area (Å²) in [5.41, 5.74) is 5.40. The summed E-state index contributed by atoms with van der Waals surface area (Å²) < 4.78 is 6.23. The van der Waals surface area contributed by atoms with Gasteiger partial charge in [0.05, 0.1) is 12.7 Å². The molecule has 1 heteroatoms. The number of benzene rings is 2. The highest BCUT2D eigenvalue weighted by Crippen LogP contribution is 2.33. The van der Waals surface area contributed by atoms with Crippen LogP contribution in [-0.2, 0) is 11.2 Å². The second-order valence-corrected chi connectivity index (χ2v) is 8.54. The molecular formula is C27H38O. The fraction of sp³-hybridized carbons (Fsp3) is 0.556. The molecule has 0 amide bonds. The van der Waals surface area contributed by atoms with Gasteiger partial charge in [0, 0.05) is 0 Å². The second-order valence-electron chi connectivity index (χ2n) is 8.54. The summed E-state index contributed by atoms with van der Waals surface area (Å²) in [6, 6.07) is 18.2. The van der Waals surface area contributed by atoms with Crippen LogP contribution >= 0.6 is 0 Å². The van der Waals surface area contributed by atoms with Crippen LogP contribution in [0.2, 0.25) is 0 Å².